The van der Waals surface area contributed by atoms with Gasteiger partial charge in [0.05, 0.1) is 0 Å². The van der Waals surface area contributed by atoms with E-state index < -0.39 is 0 Å². The van der Waals surface area contributed by atoms with Crippen molar-refractivity contribution in [1.29, 1.82) is 0 Å². The second-order valence-corrected chi connectivity index (χ2v) is 5.45. The van der Waals surface area contributed by atoms with Crippen LogP contribution in [0.25, 0.3) is 0 Å². The van der Waals surface area contributed by atoms with Gasteiger partial charge in [-0.25, -0.2) is 4.98 Å². The number of pyridine rings is 1. The fourth-order valence-electron chi connectivity index (χ4n) is 2.32. The van der Waals surface area contributed by atoms with Gasteiger partial charge in [0.25, 0.3) is 0 Å². The fraction of sp³-hybridized carbons (Fsp3) is 0.353. The van der Waals surface area contributed by atoms with Crippen molar-refractivity contribution in [2.45, 2.75) is 39.3 Å². The highest BCUT2D eigenvalue weighted by molar-refractivity contribution is 6.30. The van der Waals surface area contributed by atoms with Gasteiger partial charge in [0.1, 0.15) is 5.15 Å². The van der Waals surface area contributed by atoms with Crippen LogP contribution >= 0.6 is 11.6 Å². The van der Waals surface area contributed by atoms with E-state index in [0.717, 1.165) is 12.0 Å². The first-order chi connectivity index (χ1) is 9.61. The molecule has 0 saturated carbocycles. The summed E-state index contributed by atoms with van der Waals surface area (Å²) >= 11 is 6.14. The molecule has 0 spiro atoms. The Kier molecular flexibility index (Phi) is 5.16. The van der Waals surface area contributed by atoms with Crippen molar-refractivity contribution >= 4 is 11.6 Å². The van der Waals surface area contributed by atoms with E-state index >= 15 is 0 Å². The van der Waals surface area contributed by atoms with Gasteiger partial charge in [0.15, 0.2) is 0 Å². The number of aryl methyl sites for hydroxylation is 1. The van der Waals surface area contributed by atoms with Crippen LogP contribution in [0.2, 0.25) is 5.15 Å². The van der Waals surface area contributed by atoms with Gasteiger partial charge in [-0.1, -0.05) is 48.9 Å². The van der Waals surface area contributed by atoms with E-state index in [0.29, 0.717) is 5.15 Å². The molecule has 3 heteroatoms. The Bertz CT molecular complexity index is 551. The topological polar surface area (TPSA) is 24.9 Å². The van der Waals surface area contributed by atoms with Crippen LogP contribution in [0.15, 0.2) is 42.6 Å². The first-order valence-electron chi connectivity index (χ1n) is 7.07. The van der Waals surface area contributed by atoms with Crippen molar-refractivity contribution in [1.82, 2.24) is 10.3 Å². The summed E-state index contributed by atoms with van der Waals surface area (Å²) < 4.78 is 0. The maximum Gasteiger partial charge on any atom is 0.133 e. The first-order valence-corrected chi connectivity index (χ1v) is 7.45. The van der Waals surface area contributed by atoms with Crippen molar-refractivity contribution in [2.24, 2.45) is 0 Å². The lowest BCUT2D eigenvalue weighted by molar-refractivity contribution is 0.494. The zero-order valence-electron chi connectivity index (χ0n) is 12.2. The molecule has 1 aromatic carbocycles. The Morgan fingerprint density at radius 1 is 1.10 bits per heavy atom. The third-order valence-corrected chi connectivity index (χ3v) is 3.96. The molecule has 0 saturated heterocycles. The summed E-state index contributed by atoms with van der Waals surface area (Å²) in [7, 11) is 0. The molecule has 0 aliphatic heterocycles. The van der Waals surface area contributed by atoms with E-state index in [4.69, 9.17) is 11.6 Å². The third-order valence-electron chi connectivity index (χ3n) is 3.64. The second kappa shape index (κ2) is 6.87. The molecule has 0 fully saturated rings. The summed E-state index contributed by atoms with van der Waals surface area (Å²) in [6.45, 7) is 6.45. The van der Waals surface area contributed by atoms with Gasteiger partial charge in [-0.15, -0.1) is 0 Å². The molecule has 2 atom stereocenters. The zero-order valence-corrected chi connectivity index (χ0v) is 13.0. The summed E-state index contributed by atoms with van der Waals surface area (Å²) in [4.78, 5) is 4.13. The summed E-state index contributed by atoms with van der Waals surface area (Å²) in [5.74, 6) is 0. The molecular weight excluding hydrogens is 268 g/mol. The molecule has 2 unspecified atom stereocenters. The minimum absolute atomic E-state index is 0.164. The number of hydrogen-bond donors (Lipinski definition) is 1. The molecule has 1 aromatic heterocycles. The van der Waals surface area contributed by atoms with Gasteiger partial charge in [-0.2, -0.15) is 0 Å². The number of nitrogens with one attached hydrogen (secondary N) is 1. The summed E-state index contributed by atoms with van der Waals surface area (Å²) in [6.07, 6.45) is 2.79. The van der Waals surface area contributed by atoms with Crippen LogP contribution in [0.3, 0.4) is 0 Å². The van der Waals surface area contributed by atoms with Gasteiger partial charge in [0.2, 0.25) is 0 Å². The minimum Gasteiger partial charge on any atom is -0.304 e. The number of benzene rings is 1. The molecule has 1 heterocycles. The third kappa shape index (κ3) is 3.59. The smallest absolute Gasteiger partial charge is 0.133 e. The largest absolute Gasteiger partial charge is 0.304 e. The maximum atomic E-state index is 6.14. The Balaban J connectivity index is 2.06. The van der Waals surface area contributed by atoms with Gasteiger partial charge >= 0.3 is 0 Å². The lowest BCUT2D eigenvalue weighted by Crippen LogP contribution is -2.22. The van der Waals surface area contributed by atoms with Crippen molar-refractivity contribution in [2.75, 3.05) is 0 Å². The Labute approximate surface area is 126 Å². The predicted octanol–water partition coefficient (Wildman–Crippen LogP) is 4.71. The van der Waals surface area contributed by atoms with Crippen LogP contribution in [0.4, 0.5) is 0 Å². The standard InChI is InChI=1S/C17H21ClN2/c1-4-14-7-9-15(10-8-14)12(2)20-13(3)16-6-5-11-19-17(16)18/h5-13,20H,4H2,1-3H3. The number of nitrogens with zero attached hydrogens (tertiary/aromatic N) is 1. The van der Waals surface area contributed by atoms with Crippen molar-refractivity contribution in [3.8, 4) is 0 Å². The Hall–Kier alpha value is -1.38. The molecule has 0 amide bonds. The lowest BCUT2D eigenvalue weighted by Gasteiger charge is -2.21. The highest BCUT2D eigenvalue weighted by Crippen LogP contribution is 2.23. The highest BCUT2D eigenvalue weighted by atomic mass is 35.5. The van der Waals surface area contributed by atoms with E-state index in [1.165, 1.54) is 11.1 Å². The molecule has 0 bridgehead atoms. The lowest BCUT2D eigenvalue weighted by atomic mass is 10.0. The van der Waals surface area contributed by atoms with Crippen LogP contribution < -0.4 is 5.32 Å². The van der Waals surface area contributed by atoms with Crippen molar-refractivity contribution < 1.29 is 0 Å². The van der Waals surface area contributed by atoms with E-state index in [9.17, 15) is 0 Å². The van der Waals surface area contributed by atoms with E-state index in [1.54, 1.807) is 6.20 Å². The van der Waals surface area contributed by atoms with Crippen LogP contribution in [-0.4, -0.2) is 4.98 Å². The van der Waals surface area contributed by atoms with Gasteiger partial charge in [-0.05, 0) is 37.5 Å². The summed E-state index contributed by atoms with van der Waals surface area (Å²) in [5, 5.41) is 4.14. The molecule has 106 valence electrons. The average Bonchev–Trinajstić information content (AvgIpc) is 2.47. The Morgan fingerprint density at radius 3 is 2.40 bits per heavy atom. The molecule has 20 heavy (non-hydrogen) atoms. The second-order valence-electron chi connectivity index (χ2n) is 5.09. The number of hydrogen-bond acceptors (Lipinski definition) is 2. The fourth-order valence-corrected chi connectivity index (χ4v) is 2.61. The van der Waals surface area contributed by atoms with Crippen LogP contribution in [-0.2, 0) is 6.42 Å². The van der Waals surface area contributed by atoms with E-state index in [1.807, 2.05) is 12.1 Å². The number of rotatable bonds is 5. The normalized spacial score (nSPS) is 14.0. The molecule has 2 aromatic rings. The summed E-state index contributed by atoms with van der Waals surface area (Å²) in [5.41, 5.74) is 3.68. The Morgan fingerprint density at radius 2 is 1.80 bits per heavy atom. The molecule has 0 aliphatic rings. The molecule has 0 radical (unpaired) electrons. The minimum atomic E-state index is 0.164. The molecule has 0 aliphatic carbocycles. The average molecular weight is 289 g/mol. The zero-order chi connectivity index (χ0) is 14.5. The monoisotopic (exact) mass is 288 g/mol. The molecule has 2 rings (SSSR count). The maximum absolute atomic E-state index is 6.14. The van der Waals surface area contributed by atoms with E-state index in [2.05, 4.69) is 55.3 Å². The van der Waals surface area contributed by atoms with Gasteiger partial charge < -0.3 is 5.32 Å². The number of aromatic nitrogens is 1. The first kappa shape index (κ1) is 15.0. The number of halogens is 1. The van der Waals surface area contributed by atoms with Crippen LogP contribution in [0.1, 0.15) is 49.5 Å². The summed E-state index contributed by atoms with van der Waals surface area (Å²) in [6, 6.07) is 13.1. The van der Waals surface area contributed by atoms with Crippen LogP contribution in [0.5, 0.6) is 0 Å². The quantitative estimate of drug-likeness (QED) is 0.806. The SMILES string of the molecule is CCc1ccc(C(C)NC(C)c2cccnc2Cl)cc1. The van der Waals surface area contributed by atoms with Gasteiger partial charge in [0, 0.05) is 23.8 Å². The van der Waals surface area contributed by atoms with E-state index in [-0.39, 0.29) is 12.1 Å². The van der Waals surface area contributed by atoms with Crippen molar-refractivity contribution in [3.63, 3.8) is 0 Å². The predicted molar refractivity (Wildman–Crippen MR) is 85.0 cm³/mol. The van der Waals surface area contributed by atoms with Crippen molar-refractivity contribution in [3.05, 3.63) is 64.4 Å². The van der Waals surface area contributed by atoms with Crippen LogP contribution in [0, 0.1) is 0 Å². The van der Waals surface area contributed by atoms with Gasteiger partial charge in [-0.3, -0.25) is 0 Å². The molecular formula is C17H21ClN2. The molecule has 1 N–H and O–H groups in total. The highest BCUT2D eigenvalue weighted by Gasteiger charge is 2.13. The molecule has 2 nitrogen and oxygen atoms in total.